The third-order valence-electron chi connectivity index (χ3n) is 3.29. The van der Waals surface area contributed by atoms with Gasteiger partial charge in [-0.2, -0.15) is 0 Å². The molecule has 1 aliphatic heterocycles. The van der Waals surface area contributed by atoms with Gasteiger partial charge in [0.25, 0.3) is 0 Å². The smallest absolute Gasteiger partial charge is 0.323 e. The number of halogens is 1. The first-order chi connectivity index (χ1) is 10.9. The van der Waals surface area contributed by atoms with E-state index < -0.39 is 11.2 Å². The molecule has 1 aromatic rings. The van der Waals surface area contributed by atoms with Crippen LogP contribution >= 0.6 is 23.4 Å². The maximum atomic E-state index is 12.3. The monoisotopic (exact) mass is 356 g/mol. The van der Waals surface area contributed by atoms with Crippen molar-refractivity contribution in [2.75, 3.05) is 18.4 Å². The summed E-state index contributed by atoms with van der Waals surface area (Å²) in [6.07, 6.45) is 0.621. The standard InChI is InChI=1S/C15H17ClN2O4S/c1-2-5-18(8-14(20)21)13(19)7-12-15(22)17-10-6-9(16)3-4-11(10)23-12/h3-4,6,12H,2,5,7-8H2,1H3,(H,17,22)(H,20,21). The number of aliphatic carboxylic acids is 1. The number of carboxylic acid groups (broad SMARTS) is 1. The summed E-state index contributed by atoms with van der Waals surface area (Å²) < 4.78 is 0. The molecule has 0 aromatic heterocycles. The number of amides is 2. The highest BCUT2D eigenvalue weighted by Gasteiger charge is 2.31. The minimum Gasteiger partial charge on any atom is -0.480 e. The third-order valence-corrected chi connectivity index (χ3v) is 4.80. The van der Waals surface area contributed by atoms with Gasteiger partial charge in [-0.25, -0.2) is 0 Å². The molecule has 23 heavy (non-hydrogen) atoms. The number of nitrogens with zero attached hydrogens (tertiary/aromatic N) is 1. The molecule has 0 aliphatic carbocycles. The number of carboxylic acids is 1. The molecule has 2 amide bonds. The quantitative estimate of drug-likeness (QED) is 0.817. The average molecular weight is 357 g/mol. The second-order valence-corrected chi connectivity index (χ2v) is 6.83. The van der Waals surface area contributed by atoms with E-state index in [1.54, 1.807) is 18.2 Å². The maximum absolute atomic E-state index is 12.3. The molecule has 1 unspecified atom stereocenters. The van der Waals surface area contributed by atoms with Gasteiger partial charge in [0, 0.05) is 22.9 Å². The highest BCUT2D eigenvalue weighted by molar-refractivity contribution is 8.01. The fraction of sp³-hybridized carbons (Fsp3) is 0.400. The van der Waals surface area contributed by atoms with Crippen LogP contribution in [0.5, 0.6) is 0 Å². The lowest BCUT2D eigenvalue weighted by Crippen LogP contribution is -2.40. The van der Waals surface area contributed by atoms with Crippen molar-refractivity contribution in [3.63, 3.8) is 0 Å². The topological polar surface area (TPSA) is 86.7 Å². The lowest BCUT2D eigenvalue weighted by Gasteiger charge is -2.26. The van der Waals surface area contributed by atoms with E-state index in [-0.39, 0.29) is 24.8 Å². The average Bonchev–Trinajstić information content (AvgIpc) is 2.47. The van der Waals surface area contributed by atoms with E-state index in [1.165, 1.54) is 16.7 Å². The maximum Gasteiger partial charge on any atom is 0.323 e. The molecule has 1 aliphatic rings. The van der Waals surface area contributed by atoms with E-state index >= 15 is 0 Å². The number of rotatable bonds is 6. The summed E-state index contributed by atoms with van der Waals surface area (Å²) in [5, 5.41) is 11.6. The number of nitrogens with one attached hydrogen (secondary N) is 1. The zero-order chi connectivity index (χ0) is 17.0. The van der Waals surface area contributed by atoms with Crippen LogP contribution in [0, 0.1) is 0 Å². The number of fused-ring (bicyclic) bond motifs is 1. The van der Waals surface area contributed by atoms with Crippen molar-refractivity contribution in [2.45, 2.75) is 29.9 Å². The van der Waals surface area contributed by atoms with Gasteiger partial charge in [-0.15, -0.1) is 11.8 Å². The lowest BCUT2D eigenvalue weighted by atomic mass is 10.2. The van der Waals surface area contributed by atoms with Crippen LogP contribution < -0.4 is 5.32 Å². The van der Waals surface area contributed by atoms with Gasteiger partial charge in [-0.1, -0.05) is 18.5 Å². The van der Waals surface area contributed by atoms with E-state index in [0.29, 0.717) is 23.7 Å². The van der Waals surface area contributed by atoms with Crippen molar-refractivity contribution in [3.05, 3.63) is 23.2 Å². The first-order valence-electron chi connectivity index (χ1n) is 7.17. The van der Waals surface area contributed by atoms with E-state index in [2.05, 4.69) is 5.32 Å². The van der Waals surface area contributed by atoms with E-state index in [9.17, 15) is 14.4 Å². The molecule has 0 radical (unpaired) electrons. The Morgan fingerprint density at radius 3 is 2.83 bits per heavy atom. The second-order valence-electron chi connectivity index (χ2n) is 5.15. The van der Waals surface area contributed by atoms with Crippen molar-refractivity contribution < 1.29 is 19.5 Å². The molecule has 8 heteroatoms. The second kappa shape index (κ2) is 7.70. The summed E-state index contributed by atoms with van der Waals surface area (Å²) in [5.41, 5.74) is 0.632. The van der Waals surface area contributed by atoms with Gasteiger partial charge >= 0.3 is 5.97 Å². The Morgan fingerprint density at radius 1 is 1.43 bits per heavy atom. The van der Waals surface area contributed by atoms with Gasteiger partial charge in [0.05, 0.1) is 10.9 Å². The molecule has 0 spiro atoms. The highest BCUT2D eigenvalue weighted by atomic mass is 35.5. The van der Waals surface area contributed by atoms with Crippen LogP contribution in [0.4, 0.5) is 5.69 Å². The third kappa shape index (κ3) is 4.62. The molecule has 0 saturated carbocycles. The van der Waals surface area contributed by atoms with Crippen molar-refractivity contribution in [3.8, 4) is 0 Å². The van der Waals surface area contributed by atoms with E-state index in [0.717, 1.165) is 4.90 Å². The van der Waals surface area contributed by atoms with Gasteiger partial charge < -0.3 is 15.3 Å². The van der Waals surface area contributed by atoms with Gasteiger partial charge in [0.15, 0.2) is 0 Å². The Morgan fingerprint density at radius 2 is 2.17 bits per heavy atom. The Labute approximate surface area is 143 Å². The zero-order valence-corrected chi connectivity index (χ0v) is 14.1. The van der Waals surface area contributed by atoms with E-state index in [4.69, 9.17) is 16.7 Å². The summed E-state index contributed by atoms with van der Waals surface area (Å²) in [4.78, 5) is 37.4. The first kappa shape index (κ1) is 17.6. The van der Waals surface area contributed by atoms with Crippen LogP contribution in [0.25, 0.3) is 0 Å². The molecule has 0 bridgehead atoms. The normalized spacial score (nSPS) is 16.4. The van der Waals surface area contributed by atoms with Crippen molar-refractivity contribution in [2.24, 2.45) is 0 Å². The molecular weight excluding hydrogens is 340 g/mol. The SMILES string of the molecule is CCCN(CC(=O)O)C(=O)CC1Sc2ccc(Cl)cc2NC1=O. The van der Waals surface area contributed by atoms with E-state index in [1.807, 2.05) is 6.92 Å². The molecule has 6 nitrogen and oxygen atoms in total. The van der Waals surface area contributed by atoms with Crippen molar-refractivity contribution in [1.29, 1.82) is 0 Å². The number of carbonyl (C=O) groups excluding carboxylic acids is 2. The number of hydrogen-bond donors (Lipinski definition) is 2. The number of carbonyl (C=O) groups is 3. The molecule has 1 heterocycles. The Balaban J connectivity index is 2.07. The summed E-state index contributed by atoms with van der Waals surface area (Å²) in [6, 6.07) is 5.17. The highest BCUT2D eigenvalue weighted by Crippen LogP contribution is 2.38. The molecule has 0 saturated heterocycles. The van der Waals surface area contributed by atoms with Gasteiger partial charge in [0.2, 0.25) is 11.8 Å². The molecule has 124 valence electrons. The van der Waals surface area contributed by atoms with Crippen LogP contribution in [-0.2, 0) is 14.4 Å². The summed E-state index contributed by atoms with van der Waals surface area (Å²) in [5.74, 6) is -1.67. The Kier molecular flexibility index (Phi) is 5.90. The lowest BCUT2D eigenvalue weighted by molar-refractivity contribution is -0.144. The van der Waals surface area contributed by atoms with Crippen molar-refractivity contribution >= 4 is 46.8 Å². The fourth-order valence-corrected chi connectivity index (χ4v) is 3.52. The largest absolute Gasteiger partial charge is 0.480 e. The Hall–Kier alpha value is -1.73. The molecule has 2 rings (SSSR count). The van der Waals surface area contributed by atoms with Crippen molar-refractivity contribution in [1.82, 2.24) is 4.90 Å². The predicted molar refractivity (Wildman–Crippen MR) is 88.9 cm³/mol. The van der Waals surface area contributed by atoms with Gasteiger partial charge in [-0.05, 0) is 24.6 Å². The van der Waals surface area contributed by atoms with Crippen LogP contribution in [0.15, 0.2) is 23.1 Å². The molecular formula is C15H17ClN2O4S. The summed E-state index contributed by atoms with van der Waals surface area (Å²) in [7, 11) is 0. The summed E-state index contributed by atoms with van der Waals surface area (Å²) in [6.45, 7) is 1.87. The first-order valence-corrected chi connectivity index (χ1v) is 8.43. The minimum atomic E-state index is -1.06. The molecule has 0 fully saturated rings. The predicted octanol–water partition coefficient (Wildman–Crippen LogP) is 2.47. The zero-order valence-electron chi connectivity index (χ0n) is 12.5. The fourth-order valence-electron chi connectivity index (χ4n) is 2.27. The number of anilines is 1. The number of hydrogen-bond acceptors (Lipinski definition) is 4. The number of benzene rings is 1. The molecule has 2 N–H and O–H groups in total. The summed E-state index contributed by atoms with van der Waals surface area (Å²) >= 11 is 7.18. The van der Waals surface area contributed by atoms with Crippen LogP contribution in [-0.4, -0.2) is 46.1 Å². The van der Waals surface area contributed by atoms with Gasteiger partial charge in [0.1, 0.15) is 6.54 Å². The number of thioether (sulfide) groups is 1. The Bertz CT molecular complexity index is 638. The molecule has 1 atom stereocenters. The van der Waals surface area contributed by atoms with Crippen LogP contribution in [0.3, 0.4) is 0 Å². The molecule has 1 aromatic carbocycles. The van der Waals surface area contributed by atoms with Crippen LogP contribution in [0.2, 0.25) is 5.02 Å². The minimum absolute atomic E-state index is 0.0359. The van der Waals surface area contributed by atoms with Crippen LogP contribution in [0.1, 0.15) is 19.8 Å². The van der Waals surface area contributed by atoms with Gasteiger partial charge in [-0.3, -0.25) is 14.4 Å².